The van der Waals surface area contributed by atoms with Gasteiger partial charge in [-0.25, -0.2) is 0 Å². The van der Waals surface area contributed by atoms with Crippen LogP contribution in [0.2, 0.25) is 5.02 Å². The van der Waals surface area contributed by atoms with Crippen molar-refractivity contribution in [2.75, 3.05) is 0 Å². The van der Waals surface area contributed by atoms with Gasteiger partial charge in [-0.15, -0.1) is 0 Å². The molecule has 0 spiro atoms. The smallest absolute Gasteiger partial charge is 0.0778 e. The number of halogens is 1. The number of nitriles is 1. The summed E-state index contributed by atoms with van der Waals surface area (Å²) in [5, 5.41) is 10.1. The average molecular weight is 256 g/mol. The van der Waals surface area contributed by atoms with Crippen LogP contribution in [0.4, 0.5) is 0 Å². The maximum absolute atomic E-state index is 9.39. The lowest BCUT2D eigenvalue weighted by Crippen LogP contribution is -2.06. The zero-order valence-electron chi connectivity index (χ0n) is 10.2. The van der Waals surface area contributed by atoms with E-state index in [4.69, 9.17) is 11.6 Å². The molecule has 0 fully saturated rings. The first-order valence-corrected chi connectivity index (χ1v) is 6.30. The summed E-state index contributed by atoms with van der Waals surface area (Å²) >= 11 is 5.88. The van der Waals surface area contributed by atoms with E-state index in [-0.39, 0.29) is 11.8 Å². The van der Waals surface area contributed by atoms with Gasteiger partial charge in [-0.05, 0) is 23.3 Å². The SMILES string of the molecule is C[C@@H](c1ccc(Cl)cc1)[C@@H](C#N)c1ccccc1. The van der Waals surface area contributed by atoms with Gasteiger partial charge in [0, 0.05) is 10.9 Å². The predicted molar refractivity (Wildman–Crippen MR) is 74.7 cm³/mol. The van der Waals surface area contributed by atoms with Crippen molar-refractivity contribution < 1.29 is 0 Å². The zero-order chi connectivity index (χ0) is 13.0. The van der Waals surface area contributed by atoms with Crippen LogP contribution in [0, 0.1) is 11.3 Å². The van der Waals surface area contributed by atoms with Gasteiger partial charge in [0.2, 0.25) is 0 Å². The van der Waals surface area contributed by atoms with E-state index >= 15 is 0 Å². The van der Waals surface area contributed by atoms with Crippen molar-refractivity contribution in [1.29, 1.82) is 5.26 Å². The Morgan fingerprint density at radius 1 is 0.944 bits per heavy atom. The lowest BCUT2D eigenvalue weighted by Gasteiger charge is -2.18. The molecule has 0 heterocycles. The predicted octanol–water partition coefficient (Wildman–Crippen LogP) is 4.75. The molecule has 18 heavy (non-hydrogen) atoms. The van der Waals surface area contributed by atoms with Crippen LogP contribution < -0.4 is 0 Å². The average Bonchev–Trinajstić information content (AvgIpc) is 2.41. The highest BCUT2D eigenvalue weighted by Gasteiger charge is 2.20. The van der Waals surface area contributed by atoms with Crippen LogP contribution in [0.25, 0.3) is 0 Å². The number of rotatable bonds is 3. The first-order valence-electron chi connectivity index (χ1n) is 5.92. The second-order valence-electron chi connectivity index (χ2n) is 4.36. The van der Waals surface area contributed by atoms with Crippen LogP contribution in [-0.2, 0) is 0 Å². The van der Waals surface area contributed by atoms with Crippen LogP contribution in [0.1, 0.15) is 29.9 Å². The summed E-state index contributed by atoms with van der Waals surface area (Å²) in [5.41, 5.74) is 2.19. The summed E-state index contributed by atoms with van der Waals surface area (Å²) in [6, 6.07) is 20.0. The Hall–Kier alpha value is -1.78. The molecule has 2 rings (SSSR count). The monoisotopic (exact) mass is 255 g/mol. The van der Waals surface area contributed by atoms with Crippen LogP contribution in [0.15, 0.2) is 54.6 Å². The van der Waals surface area contributed by atoms with E-state index < -0.39 is 0 Å². The quantitative estimate of drug-likeness (QED) is 0.776. The Labute approximate surface area is 113 Å². The maximum atomic E-state index is 9.39. The molecule has 0 saturated heterocycles. The lowest BCUT2D eigenvalue weighted by atomic mass is 9.84. The number of benzene rings is 2. The van der Waals surface area contributed by atoms with Gasteiger partial charge in [0.15, 0.2) is 0 Å². The third-order valence-corrected chi connectivity index (χ3v) is 3.45. The number of nitrogens with zero attached hydrogens (tertiary/aromatic N) is 1. The highest BCUT2D eigenvalue weighted by atomic mass is 35.5. The molecule has 0 N–H and O–H groups in total. The van der Waals surface area contributed by atoms with E-state index in [1.54, 1.807) is 0 Å². The fourth-order valence-electron chi connectivity index (χ4n) is 2.09. The maximum Gasteiger partial charge on any atom is 0.0778 e. The molecule has 0 aliphatic rings. The number of hydrogen-bond acceptors (Lipinski definition) is 1. The van der Waals surface area contributed by atoms with Crippen molar-refractivity contribution >= 4 is 11.6 Å². The highest BCUT2D eigenvalue weighted by Crippen LogP contribution is 2.32. The van der Waals surface area contributed by atoms with Crippen LogP contribution in [0.5, 0.6) is 0 Å². The molecule has 0 aliphatic heterocycles. The van der Waals surface area contributed by atoms with Crippen LogP contribution in [0.3, 0.4) is 0 Å². The minimum Gasteiger partial charge on any atom is -0.198 e. The molecule has 0 bridgehead atoms. The van der Waals surface area contributed by atoms with E-state index in [1.165, 1.54) is 0 Å². The molecule has 0 radical (unpaired) electrons. The number of hydrogen-bond donors (Lipinski definition) is 0. The van der Waals surface area contributed by atoms with Crippen molar-refractivity contribution in [3.05, 3.63) is 70.7 Å². The molecule has 0 aliphatic carbocycles. The van der Waals surface area contributed by atoms with Gasteiger partial charge in [-0.2, -0.15) is 5.26 Å². The van der Waals surface area contributed by atoms with E-state index in [1.807, 2.05) is 54.6 Å². The summed E-state index contributed by atoms with van der Waals surface area (Å²) in [5.74, 6) is 0.0158. The second-order valence-corrected chi connectivity index (χ2v) is 4.79. The Morgan fingerprint density at radius 3 is 2.11 bits per heavy atom. The summed E-state index contributed by atoms with van der Waals surface area (Å²) in [6.45, 7) is 2.07. The standard InChI is InChI=1S/C16H14ClN/c1-12(13-7-9-15(17)10-8-13)16(11-18)14-5-3-2-4-6-14/h2-10,12,16H,1H3/t12-,16+/m0/s1. The van der Waals surface area contributed by atoms with Crippen LogP contribution >= 0.6 is 11.6 Å². The first-order chi connectivity index (χ1) is 8.72. The van der Waals surface area contributed by atoms with Crippen molar-refractivity contribution in [2.24, 2.45) is 0 Å². The normalized spacial score (nSPS) is 13.6. The molecular formula is C16H14ClN. The van der Waals surface area contributed by atoms with Gasteiger partial charge in [0.1, 0.15) is 0 Å². The molecule has 2 aromatic rings. The minimum absolute atomic E-state index is 0.132. The fourth-order valence-corrected chi connectivity index (χ4v) is 2.22. The van der Waals surface area contributed by atoms with Crippen molar-refractivity contribution in [2.45, 2.75) is 18.8 Å². The topological polar surface area (TPSA) is 23.8 Å². The molecule has 2 atom stereocenters. The van der Waals surface area contributed by atoms with Crippen LogP contribution in [-0.4, -0.2) is 0 Å². The molecule has 0 saturated carbocycles. The summed E-state index contributed by atoms with van der Waals surface area (Å²) in [4.78, 5) is 0. The second kappa shape index (κ2) is 5.71. The van der Waals surface area contributed by atoms with Gasteiger partial charge >= 0.3 is 0 Å². The van der Waals surface area contributed by atoms with Crippen molar-refractivity contribution in [3.63, 3.8) is 0 Å². The molecule has 90 valence electrons. The van der Waals surface area contributed by atoms with Crippen molar-refractivity contribution in [3.8, 4) is 6.07 Å². The third kappa shape index (κ3) is 2.72. The summed E-state index contributed by atoms with van der Waals surface area (Å²) in [6.07, 6.45) is 0. The molecule has 2 heteroatoms. The van der Waals surface area contributed by atoms with E-state index in [2.05, 4.69) is 13.0 Å². The fraction of sp³-hybridized carbons (Fsp3) is 0.188. The molecule has 2 aromatic carbocycles. The summed E-state index contributed by atoms with van der Waals surface area (Å²) in [7, 11) is 0. The largest absolute Gasteiger partial charge is 0.198 e. The molecule has 0 amide bonds. The minimum atomic E-state index is -0.132. The van der Waals surface area contributed by atoms with Gasteiger partial charge in [0.05, 0.1) is 12.0 Å². The van der Waals surface area contributed by atoms with E-state index in [9.17, 15) is 5.26 Å². The van der Waals surface area contributed by atoms with Gasteiger partial charge in [-0.1, -0.05) is 61.0 Å². The highest BCUT2D eigenvalue weighted by molar-refractivity contribution is 6.30. The lowest BCUT2D eigenvalue weighted by molar-refractivity contribution is 0.687. The first kappa shape index (κ1) is 12.7. The third-order valence-electron chi connectivity index (χ3n) is 3.19. The van der Waals surface area contributed by atoms with Gasteiger partial charge in [-0.3, -0.25) is 0 Å². The van der Waals surface area contributed by atoms with E-state index in [0.717, 1.165) is 16.1 Å². The van der Waals surface area contributed by atoms with Crippen molar-refractivity contribution in [1.82, 2.24) is 0 Å². The van der Waals surface area contributed by atoms with Gasteiger partial charge in [0.25, 0.3) is 0 Å². The Kier molecular flexibility index (Phi) is 4.02. The molecule has 1 nitrogen and oxygen atoms in total. The Bertz CT molecular complexity index is 540. The van der Waals surface area contributed by atoms with E-state index in [0.29, 0.717) is 0 Å². The molecular weight excluding hydrogens is 242 g/mol. The Morgan fingerprint density at radius 2 is 1.56 bits per heavy atom. The molecule has 0 unspecified atom stereocenters. The molecule has 0 aromatic heterocycles. The van der Waals surface area contributed by atoms with Gasteiger partial charge < -0.3 is 0 Å². The zero-order valence-corrected chi connectivity index (χ0v) is 10.9. The summed E-state index contributed by atoms with van der Waals surface area (Å²) < 4.78 is 0. The Balaban J connectivity index is 2.29.